The van der Waals surface area contributed by atoms with E-state index in [0.29, 0.717) is 22.5 Å². The molecule has 1 amide bonds. The molecule has 0 aliphatic carbocycles. The minimum atomic E-state index is -1.35. The second kappa shape index (κ2) is 6.67. The Morgan fingerprint density at radius 1 is 0.966 bits per heavy atom. The van der Waals surface area contributed by atoms with E-state index in [2.05, 4.69) is 26.4 Å². The molecule has 1 spiro atoms. The molecule has 1 N–H and O–H groups in total. The Morgan fingerprint density at radius 2 is 1.66 bits per heavy atom. The maximum atomic E-state index is 13.4. The van der Waals surface area contributed by atoms with Crippen molar-refractivity contribution in [3.05, 3.63) is 100 Å². The van der Waals surface area contributed by atoms with E-state index in [0.717, 1.165) is 10.0 Å². The number of rotatable bonds is 3. The smallest absolute Gasteiger partial charge is 0.245 e. The van der Waals surface area contributed by atoms with Crippen molar-refractivity contribution in [2.75, 3.05) is 5.32 Å². The number of anilines is 1. The van der Waals surface area contributed by atoms with E-state index in [1.54, 1.807) is 24.3 Å². The third kappa shape index (κ3) is 2.56. The highest BCUT2D eigenvalue weighted by molar-refractivity contribution is 9.10. The van der Waals surface area contributed by atoms with Gasteiger partial charge in [-0.1, -0.05) is 81.7 Å². The van der Waals surface area contributed by atoms with Crippen molar-refractivity contribution in [2.45, 2.75) is 11.5 Å². The first kappa shape index (κ1) is 17.8. The number of hydrogen-bond donors (Lipinski definition) is 1. The summed E-state index contributed by atoms with van der Waals surface area (Å²) in [4.78, 5) is 32.5. The fourth-order valence-electron chi connectivity index (χ4n) is 4.04. The maximum absolute atomic E-state index is 13.4. The van der Waals surface area contributed by atoms with Crippen molar-refractivity contribution in [3.8, 4) is 0 Å². The Labute approximate surface area is 175 Å². The highest BCUT2D eigenvalue weighted by Gasteiger charge is 2.63. The van der Waals surface area contributed by atoms with Crippen LogP contribution >= 0.6 is 15.9 Å². The molecule has 2 unspecified atom stereocenters. The number of Topliss-reactive ketones (excluding diaryl/α,β-unsaturated/α-hetero) is 1. The second-order valence-electron chi connectivity index (χ2n) is 6.97. The summed E-state index contributed by atoms with van der Waals surface area (Å²) in [6.07, 6.45) is -1.09. The van der Waals surface area contributed by atoms with Crippen molar-refractivity contribution in [2.24, 2.45) is 5.16 Å². The molecule has 0 aromatic heterocycles. The molecule has 0 bridgehead atoms. The number of nitrogens with one attached hydrogen (secondary N) is 1. The summed E-state index contributed by atoms with van der Waals surface area (Å²) in [6, 6.07) is 23.7. The van der Waals surface area contributed by atoms with Gasteiger partial charge in [-0.2, -0.15) is 0 Å². The van der Waals surface area contributed by atoms with Crippen LogP contribution in [0.5, 0.6) is 0 Å². The molecule has 29 heavy (non-hydrogen) atoms. The summed E-state index contributed by atoms with van der Waals surface area (Å²) in [6.45, 7) is 0. The zero-order valence-electron chi connectivity index (χ0n) is 15.1. The van der Waals surface area contributed by atoms with Gasteiger partial charge in [0.1, 0.15) is 5.71 Å². The summed E-state index contributed by atoms with van der Waals surface area (Å²) in [7, 11) is 0. The number of carbonyl (C=O) groups excluding carboxylic acids is 2. The second-order valence-corrected chi connectivity index (χ2v) is 7.89. The molecule has 3 aromatic rings. The van der Waals surface area contributed by atoms with E-state index < -0.39 is 11.5 Å². The molecule has 2 aliphatic rings. The van der Waals surface area contributed by atoms with E-state index in [1.165, 1.54) is 0 Å². The van der Waals surface area contributed by atoms with Crippen LogP contribution in [0.1, 0.15) is 21.5 Å². The standard InChI is InChI=1S/C23H15BrN2O3/c24-16-12-10-15(11-13-16)20-23(17-8-4-5-9-18(17)25-22(23)28)21(29-26-20)19(27)14-6-2-1-3-7-14/h1-13,21H,(H,25,28). The molecule has 6 heteroatoms. The van der Waals surface area contributed by atoms with Crippen LogP contribution in [0.2, 0.25) is 0 Å². The minimum Gasteiger partial charge on any atom is -0.382 e. The third-order valence-electron chi connectivity index (χ3n) is 5.39. The first-order valence-corrected chi connectivity index (χ1v) is 9.92. The van der Waals surface area contributed by atoms with Crippen LogP contribution in [0.4, 0.5) is 5.69 Å². The highest BCUT2D eigenvalue weighted by Crippen LogP contribution is 2.47. The molecule has 0 fully saturated rings. The van der Waals surface area contributed by atoms with E-state index in [9.17, 15) is 9.59 Å². The molecule has 5 nitrogen and oxygen atoms in total. The molecule has 0 saturated heterocycles. The van der Waals surface area contributed by atoms with Gasteiger partial charge in [-0.25, -0.2) is 0 Å². The highest BCUT2D eigenvalue weighted by atomic mass is 79.9. The summed E-state index contributed by atoms with van der Waals surface area (Å²) in [5, 5.41) is 7.18. The van der Waals surface area contributed by atoms with Gasteiger partial charge in [0.05, 0.1) is 0 Å². The van der Waals surface area contributed by atoms with Crippen molar-refractivity contribution < 1.29 is 14.4 Å². The quantitative estimate of drug-likeness (QED) is 0.608. The number of carbonyl (C=O) groups is 2. The summed E-state index contributed by atoms with van der Waals surface area (Å²) in [5.74, 6) is -0.597. The largest absolute Gasteiger partial charge is 0.382 e. The number of ketones is 1. The predicted octanol–water partition coefficient (Wildman–Crippen LogP) is 4.33. The summed E-state index contributed by atoms with van der Waals surface area (Å²) < 4.78 is 0.906. The molecule has 142 valence electrons. The number of hydrogen-bond acceptors (Lipinski definition) is 4. The van der Waals surface area contributed by atoms with Gasteiger partial charge in [0.15, 0.2) is 5.41 Å². The van der Waals surface area contributed by atoms with Gasteiger partial charge in [0.2, 0.25) is 17.8 Å². The first-order chi connectivity index (χ1) is 14.1. The lowest BCUT2D eigenvalue weighted by molar-refractivity contribution is -0.120. The summed E-state index contributed by atoms with van der Waals surface area (Å²) in [5.41, 5.74) is 1.64. The number of oxime groups is 1. The molecule has 0 radical (unpaired) electrons. The van der Waals surface area contributed by atoms with Gasteiger partial charge in [0.25, 0.3) is 0 Å². The zero-order chi connectivity index (χ0) is 20.0. The normalized spacial score (nSPS) is 22.0. The summed E-state index contributed by atoms with van der Waals surface area (Å²) >= 11 is 3.43. The van der Waals surface area contributed by atoms with Crippen LogP contribution < -0.4 is 5.32 Å². The molecule has 2 aliphatic heterocycles. The first-order valence-electron chi connectivity index (χ1n) is 9.13. The van der Waals surface area contributed by atoms with Crippen LogP contribution in [-0.2, 0) is 15.0 Å². The monoisotopic (exact) mass is 446 g/mol. The lowest BCUT2D eigenvalue weighted by Crippen LogP contribution is -2.52. The number of halogens is 1. The Hall–Kier alpha value is -3.25. The SMILES string of the molecule is O=C(c1ccccc1)C1ON=C(c2ccc(Br)cc2)C12C(=O)Nc1ccccc12. The van der Waals surface area contributed by atoms with Gasteiger partial charge in [-0.05, 0) is 18.2 Å². The van der Waals surface area contributed by atoms with Crippen molar-refractivity contribution in [3.63, 3.8) is 0 Å². The lowest BCUT2D eigenvalue weighted by atomic mass is 9.69. The fourth-order valence-corrected chi connectivity index (χ4v) is 4.31. The van der Waals surface area contributed by atoms with Gasteiger partial charge < -0.3 is 10.2 Å². The fraction of sp³-hybridized carbons (Fsp3) is 0.0870. The van der Waals surface area contributed by atoms with Gasteiger partial charge in [0, 0.05) is 26.9 Å². The van der Waals surface area contributed by atoms with Crippen molar-refractivity contribution in [1.29, 1.82) is 0 Å². The average Bonchev–Trinajstić information content (AvgIpc) is 3.29. The van der Waals surface area contributed by atoms with Crippen LogP contribution in [0, 0.1) is 0 Å². The number of benzene rings is 3. The topological polar surface area (TPSA) is 67.8 Å². The Morgan fingerprint density at radius 3 is 2.41 bits per heavy atom. The Kier molecular flexibility index (Phi) is 4.10. The minimum absolute atomic E-state index is 0.284. The van der Waals surface area contributed by atoms with Crippen LogP contribution in [0.3, 0.4) is 0 Å². The Bertz CT molecular complexity index is 1160. The number of amides is 1. The predicted molar refractivity (Wildman–Crippen MR) is 113 cm³/mol. The lowest BCUT2D eigenvalue weighted by Gasteiger charge is -2.27. The third-order valence-corrected chi connectivity index (χ3v) is 5.92. The molecule has 0 saturated carbocycles. The van der Waals surface area contributed by atoms with Crippen molar-refractivity contribution >= 4 is 39.0 Å². The van der Waals surface area contributed by atoms with Crippen LogP contribution in [-0.4, -0.2) is 23.5 Å². The molecular formula is C23H15BrN2O3. The number of fused-ring (bicyclic) bond motifs is 2. The van der Waals surface area contributed by atoms with Gasteiger partial charge in [-0.3, -0.25) is 9.59 Å². The number of para-hydroxylation sites is 1. The average molecular weight is 447 g/mol. The molecule has 2 heterocycles. The molecule has 3 aromatic carbocycles. The van der Waals surface area contributed by atoms with E-state index in [4.69, 9.17) is 4.84 Å². The van der Waals surface area contributed by atoms with Crippen LogP contribution in [0.25, 0.3) is 0 Å². The molecule has 2 atom stereocenters. The zero-order valence-corrected chi connectivity index (χ0v) is 16.7. The van der Waals surface area contributed by atoms with Crippen molar-refractivity contribution in [1.82, 2.24) is 0 Å². The molecular weight excluding hydrogens is 432 g/mol. The Balaban J connectivity index is 1.72. The number of nitrogens with zero attached hydrogens (tertiary/aromatic N) is 1. The van der Waals surface area contributed by atoms with Gasteiger partial charge >= 0.3 is 0 Å². The van der Waals surface area contributed by atoms with E-state index in [-0.39, 0.29) is 11.7 Å². The van der Waals surface area contributed by atoms with E-state index in [1.807, 2.05) is 54.6 Å². The van der Waals surface area contributed by atoms with Gasteiger partial charge in [-0.15, -0.1) is 0 Å². The molecule has 5 rings (SSSR count). The van der Waals surface area contributed by atoms with Crippen LogP contribution in [0.15, 0.2) is 88.5 Å². The van der Waals surface area contributed by atoms with E-state index >= 15 is 0 Å². The maximum Gasteiger partial charge on any atom is 0.245 e.